The van der Waals surface area contributed by atoms with E-state index in [0.29, 0.717) is 29.8 Å². The van der Waals surface area contributed by atoms with Gasteiger partial charge >= 0.3 is 0 Å². The van der Waals surface area contributed by atoms with Crippen LogP contribution in [-0.2, 0) is 0 Å². The van der Waals surface area contributed by atoms with Crippen LogP contribution in [0.1, 0.15) is 67.2 Å². The van der Waals surface area contributed by atoms with Gasteiger partial charge in [-0.05, 0) is 32.8 Å². The quantitative estimate of drug-likeness (QED) is 0.536. The van der Waals surface area contributed by atoms with Crippen molar-refractivity contribution in [3.05, 3.63) is 38.9 Å². The van der Waals surface area contributed by atoms with Crippen LogP contribution in [0.15, 0.2) is 18.2 Å². The number of rotatable bonds is 7. The monoisotopic (exact) mass is 403 g/mol. The Morgan fingerprint density at radius 1 is 1.25 bits per heavy atom. The molecule has 8 nitrogen and oxygen atoms in total. The maximum Gasteiger partial charge on any atom is 0.270 e. The van der Waals surface area contributed by atoms with Gasteiger partial charge in [0.2, 0.25) is 5.13 Å². The van der Waals surface area contributed by atoms with E-state index in [2.05, 4.69) is 15.5 Å². The molecule has 28 heavy (non-hydrogen) atoms. The average Bonchev–Trinajstić information content (AvgIpc) is 3.18. The third kappa shape index (κ3) is 4.46. The molecule has 1 aromatic carbocycles. The molecule has 0 atom stereocenters. The normalized spacial score (nSPS) is 14.6. The topological polar surface area (TPSA) is 101 Å². The van der Waals surface area contributed by atoms with Crippen LogP contribution in [0, 0.1) is 10.1 Å². The molecule has 0 bridgehead atoms. The van der Waals surface area contributed by atoms with Crippen molar-refractivity contribution in [2.45, 2.75) is 51.9 Å². The van der Waals surface area contributed by atoms with Gasteiger partial charge < -0.3 is 4.90 Å². The van der Waals surface area contributed by atoms with Crippen molar-refractivity contribution in [3.8, 4) is 0 Å². The second kappa shape index (κ2) is 9.09. The van der Waals surface area contributed by atoms with Crippen LogP contribution in [0.5, 0.6) is 0 Å². The lowest BCUT2D eigenvalue weighted by molar-refractivity contribution is -0.384. The number of hydrogen-bond donors (Lipinski definition) is 1. The molecular formula is C19H25N5O3S. The molecule has 1 fully saturated rings. The Bertz CT molecular complexity index is 844. The SMILES string of the molecule is CCN(CC)c1ccc([N+](=O)[O-])cc1C(=O)Nc1nnc(C2CCCCC2)s1. The van der Waals surface area contributed by atoms with E-state index >= 15 is 0 Å². The van der Waals surface area contributed by atoms with Crippen molar-refractivity contribution >= 4 is 33.8 Å². The summed E-state index contributed by atoms with van der Waals surface area (Å²) in [5, 5.41) is 23.7. The van der Waals surface area contributed by atoms with E-state index in [1.807, 2.05) is 18.7 Å². The zero-order valence-corrected chi connectivity index (χ0v) is 17.0. The standard InChI is InChI=1S/C19H25N5O3S/c1-3-23(4-2)16-11-10-14(24(26)27)12-15(16)17(25)20-19-22-21-18(28-19)13-8-6-5-7-9-13/h10-13H,3-9H2,1-2H3,(H,20,22,25). The number of nitro benzene ring substituents is 1. The van der Waals surface area contributed by atoms with Gasteiger partial charge in [0, 0.05) is 31.1 Å². The Hall–Kier alpha value is -2.55. The Labute approximate surface area is 168 Å². The van der Waals surface area contributed by atoms with Gasteiger partial charge in [0.15, 0.2) is 0 Å². The third-order valence-electron chi connectivity index (χ3n) is 5.16. The van der Waals surface area contributed by atoms with Crippen molar-refractivity contribution in [1.29, 1.82) is 0 Å². The summed E-state index contributed by atoms with van der Waals surface area (Å²) in [5.41, 5.74) is 0.832. The molecule has 150 valence electrons. The summed E-state index contributed by atoms with van der Waals surface area (Å²) in [6.45, 7) is 5.35. The molecule has 1 saturated carbocycles. The van der Waals surface area contributed by atoms with Crippen molar-refractivity contribution in [3.63, 3.8) is 0 Å². The summed E-state index contributed by atoms with van der Waals surface area (Å²) in [6.07, 6.45) is 5.89. The van der Waals surface area contributed by atoms with E-state index in [-0.39, 0.29) is 11.3 Å². The van der Waals surface area contributed by atoms with Gasteiger partial charge in [-0.3, -0.25) is 20.2 Å². The minimum Gasteiger partial charge on any atom is -0.371 e. The molecule has 1 heterocycles. The Kier molecular flexibility index (Phi) is 6.56. The molecule has 9 heteroatoms. The molecular weight excluding hydrogens is 378 g/mol. The average molecular weight is 404 g/mol. The minimum absolute atomic E-state index is 0.110. The van der Waals surface area contributed by atoms with Crippen molar-refractivity contribution in [2.75, 3.05) is 23.3 Å². The van der Waals surface area contributed by atoms with E-state index in [9.17, 15) is 14.9 Å². The van der Waals surface area contributed by atoms with Crippen LogP contribution in [-0.4, -0.2) is 34.1 Å². The van der Waals surface area contributed by atoms with Crippen LogP contribution in [0.2, 0.25) is 0 Å². The van der Waals surface area contributed by atoms with Crippen LogP contribution >= 0.6 is 11.3 Å². The van der Waals surface area contributed by atoms with Gasteiger partial charge in [-0.25, -0.2) is 0 Å². The van der Waals surface area contributed by atoms with E-state index in [1.54, 1.807) is 6.07 Å². The van der Waals surface area contributed by atoms with Gasteiger partial charge in [0.1, 0.15) is 5.01 Å². The number of aromatic nitrogens is 2. The first-order valence-electron chi connectivity index (χ1n) is 9.71. The molecule has 0 aliphatic heterocycles. The predicted octanol–water partition coefficient (Wildman–Crippen LogP) is 4.59. The van der Waals surface area contributed by atoms with Crippen molar-refractivity contribution < 1.29 is 9.72 Å². The second-order valence-corrected chi connectivity index (χ2v) is 7.87. The van der Waals surface area contributed by atoms with Gasteiger partial charge in [-0.15, -0.1) is 10.2 Å². The number of benzene rings is 1. The summed E-state index contributed by atoms with van der Waals surface area (Å²) >= 11 is 1.40. The summed E-state index contributed by atoms with van der Waals surface area (Å²) in [6, 6.07) is 4.39. The molecule has 0 spiro atoms. The molecule has 1 amide bonds. The lowest BCUT2D eigenvalue weighted by Crippen LogP contribution is -2.25. The largest absolute Gasteiger partial charge is 0.371 e. The Morgan fingerprint density at radius 2 is 1.96 bits per heavy atom. The fourth-order valence-corrected chi connectivity index (χ4v) is 4.53. The van der Waals surface area contributed by atoms with Crippen LogP contribution < -0.4 is 10.2 Å². The van der Waals surface area contributed by atoms with Crippen LogP contribution in [0.4, 0.5) is 16.5 Å². The van der Waals surface area contributed by atoms with Gasteiger partial charge in [-0.1, -0.05) is 30.6 Å². The Morgan fingerprint density at radius 3 is 2.61 bits per heavy atom. The van der Waals surface area contributed by atoms with E-state index in [4.69, 9.17) is 0 Å². The maximum atomic E-state index is 12.9. The number of hydrogen-bond acceptors (Lipinski definition) is 7. The summed E-state index contributed by atoms with van der Waals surface area (Å²) in [5.74, 6) is 0.0119. The minimum atomic E-state index is -0.491. The number of nitrogens with zero attached hydrogens (tertiary/aromatic N) is 4. The third-order valence-corrected chi connectivity index (χ3v) is 6.16. The summed E-state index contributed by atoms with van der Waals surface area (Å²) in [7, 11) is 0. The number of nitro groups is 1. The highest BCUT2D eigenvalue weighted by atomic mass is 32.1. The molecule has 2 aromatic rings. The van der Waals surface area contributed by atoms with Crippen LogP contribution in [0.3, 0.4) is 0 Å². The molecule has 1 aliphatic carbocycles. The fraction of sp³-hybridized carbons (Fsp3) is 0.526. The molecule has 0 saturated heterocycles. The number of carbonyl (C=O) groups is 1. The Balaban J connectivity index is 1.83. The lowest BCUT2D eigenvalue weighted by Gasteiger charge is -2.23. The molecule has 3 rings (SSSR count). The highest BCUT2D eigenvalue weighted by molar-refractivity contribution is 7.15. The highest BCUT2D eigenvalue weighted by Gasteiger charge is 2.23. The predicted molar refractivity (Wildman–Crippen MR) is 110 cm³/mol. The first kappa shape index (κ1) is 20.2. The maximum absolute atomic E-state index is 12.9. The fourth-order valence-electron chi connectivity index (χ4n) is 3.62. The zero-order valence-electron chi connectivity index (χ0n) is 16.2. The highest BCUT2D eigenvalue weighted by Crippen LogP contribution is 2.35. The molecule has 0 unspecified atom stereocenters. The summed E-state index contributed by atoms with van der Waals surface area (Å²) < 4.78 is 0. The first-order chi connectivity index (χ1) is 13.5. The van der Waals surface area contributed by atoms with E-state index < -0.39 is 10.8 Å². The van der Waals surface area contributed by atoms with Gasteiger partial charge in [-0.2, -0.15) is 0 Å². The molecule has 0 radical (unpaired) electrons. The number of anilines is 2. The number of carbonyl (C=O) groups excluding carboxylic acids is 1. The number of non-ortho nitro benzene ring substituents is 1. The van der Waals surface area contributed by atoms with Gasteiger partial charge in [0.25, 0.3) is 11.6 Å². The lowest BCUT2D eigenvalue weighted by atomic mass is 9.90. The zero-order chi connectivity index (χ0) is 20.1. The summed E-state index contributed by atoms with van der Waals surface area (Å²) in [4.78, 5) is 25.6. The van der Waals surface area contributed by atoms with E-state index in [0.717, 1.165) is 17.8 Å². The molecule has 1 aliphatic rings. The molecule has 1 aromatic heterocycles. The number of amides is 1. The van der Waals surface area contributed by atoms with Crippen molar-refractivity contribution in [2.24, 2.45) is 0 Å². The smallest absolute Gasteiger partial charge is 0.270 e. The number of nitrogens with one attached hydrogen (secondary N) is 1. The molecule has 1 N–H and O–H groups in total. The first-order valence-corrected chi connectivity index (χ1v) is 10.5. The second-order valence-electron chi connectivity index (χ2n) is 6.87. The van der Waals surface area contributed by atoms with Crippen molar-refractivity contribution in [1.82, 2.24) is 10.2 Å². The van der Waals surface area contributed by atoms with Gasteiger partial charge in [0.05, 0.1) is 16.2 Å². The van der Waals surface area contributed by atoms with E-state index in [1.165, 1.54) is 42.7 Å². The van der Waals surface area contributed by atoms with Crippen LogP contribution in [0.25, 0.3) is 0 Å².